The first-order valence-corrected chi connectivity index (χ1v) is 15.1. The summed E-state index contributed by atoms with van der Waals surface area (Å²) in [6, 6.07) is 3.09. The minimum Gasteiger partial charge on any atom is -0.394 e. The van der Waals surface area contributed by atoms with E-state index in [9.17, 15) is 33.6 Å². The lowest BCUT2D eigenvalue weighted by molar-refractivity contribution is -0.304. The Morgan fingerprint density at radius 1 is 1.15 bits per heavy atom. The lowest BCUT2D eigenvalue weighted by Gasteiger charge is -2.39. The molecule has 2 aromatic heterocycles. The van der Waals surface area contributed by atoms with Crippen molar-refractivity contribution in [2.45, 2.75) is 69.9 Å². The monoisotopic (exact) mass is 631 g/mol. The number of nitrogens with one attached hydrogen (secondary N) is 2. The molecule has 224 valence electrons. The fraction of sp³-hybridized carbons (Fsp3) is 0.440. The highest BCUT2D eigenvalue weighted by atomic mass is 35.5. The molecule has 0 saturated carbocycles. The Bertz CT molecular complexity index is 1540. The van der Waals surface area contributed by atoms with Crippen LogP contribution >= 0.6 is 22.9 Å². The van der Waals surface area contributed by atoms with Crippen LogP contribution in [-0.4, -0.2) is 77.2 Å². The number of sulfonamides is 1. The minimum atomic E-state index is -4.26. The van der Waals surface area contributed by atoms with Gasteiger partial charge in [-0.3, -0.25) is 4.79 Å². The lowest BCUT2D eigenvalue weighted by Crippen LogP contribution is -2.59. The van der Waals surface area contributed by atoms with E-state index in [0.717, 1.165) is 16.9 Å². The van der Waals surface area contributed by atoms with Gasteiger partial charge in [0.05, 0.1) is 13.2 Å². The molecule has 0 radical (unpaired) electrons. The predicted octanol–water partition coefficient (Wildman–Crippen LogP) is 1.99. The number of hydrogen-bond acceptors (Lipinski definition) is 12. The van der Waals surface area contributed by atoms with Crippen molar-refractivity contribution in [3.05, 3.63) is 55.4 Å². The summed E-state index contributed by atoms with van der Waals surface area (Å²) < 4.78 is 44.4. The molecule has 0 aliphatic carbocycles. The number of hydrogen-bond donors (Lipinski definition) is 6. The van der Waals surface area contributed by atoms with E-state index in [-0.39, 0.29) is 27.3 Å². The average Bonchev–Trinajstić information content (AvgIpc) is 3.54. The number of aromatic nitrogens is 1. The summed E-state index contributed by atoms with van der Waals surface area (Å²) in [7, 11) is -4.26. The average molecular weight is 632 g/mol. The molecule has 0 bridgehead atoms. The van der Waals surface area contributed by atoms with Gasteiger partial charge in [-0.2, -0.15) is 0 Å². The quantitative estimate of drug-likeness (QED) is 0.202. The number of halogens is 1. The van der Waals surface area contributed by atoms with Gasteiger partial charge in [-0.1, -0.05) is 22.8 Å². The van der Waals surface area contributed by atoms with Gasteiger partial charge in [-0.25, -0.2) is 13.1 Å². The molecular weight excluding hydrogens is 602 g/mol. The molecule has 1 aliphatic heterocycles. The van der Waals surface area contributed by atoms with Crippen LogP contribution in [0.1, 0.15) is 37.6 Å². The third kappa shape index (κ3) is 6.28. The zero-order valence-corrected chi connectivity index (χ0v) is 24.8. The van der Waals surface area contributed by atoms with Gasteiger partial charge in [-0.15, -0.1) is 11.3 Å². The van der Waals surface area contributed by atoms with Gasteiger partial charge < -0.3 is 39.7 Å². The van der Waals surface area contributed by atoms with Crippen molar-refractivity contribution in [2.75, 3.05) is 16.6 Å². The van der Waals surface area contributed by atoms with E-state index >= 15 is 0 Å². The van der Waals surface area contributed by atoms with E-state index in [2.05, 4.69) is 15.2 Å². The van der Waals surface area contributed by atoms with Crippen molar-refractivity contribution in [3.8, 4) is 0 Å². The third-order valence-corrected chi connectivity index (χ3v) is 9.61. The number of amides is 1. The molecule has 1 aromatic carbocycles. The number of aryl methyl sites for hydroxylation is 3. The van der Waals surface area contributed by atoms with E-state index < -0.39 is 53.2 Å². The number of thiophene rings is 1. The summed E-state index contributed by atoms with van der Waals surface area (Å²) in [4.78, 5) is 13.0. The highest BCUT2D eigenvalue weighted by Gasteiger charge is 2.44. The van der Waals surface area contributed by atoms with Crippen LogP contribution in [-0.2, 0) is 26.1 Å². The summed E-state index contributed by atoms with van der Waals surface area (Å²) >= 11 is 6.96. The first-order chi connectivity index (χ1) is 19.3. The summed E-state index contributed by atoms with van der Waals surface area (Å²) in [6.45, 7) is 6.18. The maximum Gasteiger partial charge on any atom is 0.267 e. The van der Waals surface area contributed by atoms with Crippen LogP contribution in [0.3, 0.4) is 0 Å². The molecule has 1 aliphatic rings. The second-order valence-corrected chi connectivity index (χ2v) is 12.5. The van der Waals surface area contributed by atoms with Gasteiger partial charge >= 0.3 is 0 Å². The van der Waals surface area contributed by atoms with E-state index in [1.165, 1.54) is 11.4 Å². The Balaban J connectivity index is 1.55. The summed E-state index contributed by atoms with van der Waals surface area (Å²) in [5.41, 5.74) is 3.47. The minimum absolute atomic E-state index is 0.000765. The molecule has 1 amide bonds. The molecule has 1 fully saturated rings. The van der Waals surface area contributed by atoms with Crippen LogP contribution in [0.4, 0.5) is 11.6 Å². The Morgan fingerprint density at radius 3 is 2.49 bits per heavy atom. The Morgan fingerprint density at radius 2 is 1.85 bits per heavy atom. The normalized spacial score (nSPS) is 23.0. The van der Waals surface area contributed by atoms with E-state index in [1.807, 2.05) is 6.92 Å². The number of anilines is 2. The van der Waals surface area contributed by atoms with Crippen LogP contribution in [0.25, 0.3) is 0 Å². The van der Waals surface area contributed by atoms with Gasteiger partial charge in [0.15, 0.2) is 6.29 Å². The summed E-state index contributed by atoms with van der Waals surface area (Å²) in [5.74, 6) is -0.938. The number of aliphatic hydroxyl groups is 4. The molecule has 0 unspecified atom stereocenters. The van der Waals surface area contributed by atoms with Crippen molar-refractivity contribution >= 4 is 50.4 Å². The highest BCUT2D eigenvalue weighted by Crippen LogP contribution is 2.33. The molecule has 13 nitrogen and oxygen atoms in total. The zero-order valence-electron chi connectivity index (χ0n) is 22.4. The Labute approximate surface area is 244 Å². The third-order valence-electron chi connectivity index (χ3n) is 6.75. The second-order valence-electron chi connectivity index (χ2n) is 9.58. The largest absolute Gasteiger partial charge is 0.394 e. The van der Waals surface area contributed by atoms with E-state index in [1.54, 1.807) is 26.8 Å². The smallest absolute Gasteiger partial charge is 0.267 e. The number of ether oxygens (including phenoxy) is 2. The zero-order chi connectivity index (χ0) is 30.2. The number of rotatable bonds is 9. The molecule has 5 atom stereocenters. The van der Waals surface area contributed by atoms with Crippen LogP contribution < -0.4 is 10.0 Å². The van der Waals surface area contributed by atoms with Crippen LogP contribution in [0.5, 0.6) is 0 Å². The summed E-state index contributed by atoms with van der Waals surface area (Å²) in [6.07, 6.45) is -7.13. The Hall–Kier alpha value is -2.60. The molecule has 0 spiro atoms. The van der Waals surface area contributed by atoms with E-state index in [0.29, 0.717) is 28.1 Å². The van der Waals surface area contributed by atoms with Crippen molar-refractivity contribution in [1.29, 1.82) is 0 Å². The van der Waals surface area contributed by atoms with Crippen LogP contribution in [0.2, 0.25) is 5.02 Å². The van der Waals surface area contributed by atoms with Crippen molar-refractivity contribution in [1.82, 2.24) is 5.16 Å². The van der Waals surface area contributed by atoms with Gasteiger partial charge in [0, 0.05) is 5.69 Å². The number of carbonyl (C=O) groups is 1. The molecule has 3 aromatic rings. The van der Waals surface area contributed by atoms with Gasteiger partial charge in [0.2, 0.25) is 0 Å². The number of nitrogens with zero attached hydrogens (tertiary/aromatic N) is 1. The van der Waals surface area contributed by atoms with Gasteiger partial charge in [0.1, 0.15) is 44.9 Å². The topological polar surface area (TPSA) is 201 Å². The number of aliphatic hydroxyl groups excluding tert-OH is 4. The SMILES string of the molecule is Cc1cc(C)c(NC(=O)c2sccc2S(=O)(=O)Nc2onc(C)c2Cl)c(C)c1CO[C@H]1O[C@H](CO)[C@@H](O)[C@H](O)[C@@H]1O. The molecule has 4 rings (SSSR count). The van der Waals surface area contributed by atoms with Crippen LogP contribution in [0, 0.1) is 27.7 Å². The predicted molar refractivity (Wildman–Crippen MR) is 149 cm³/mol. The number of benzene rings is 1. The standard InChI is InChI=1S/C25H30ClN3O10S2/c1-10-7-11(2)18(12(3)14(10)9-37-25-21(33)20(32)19(31)15(8-30)38-25)27-23(34)22-16(5-6-40-22)41(35,36)29-24-17(26)13(4)28-39-24/h5-7,15,19-21,25,29-33H,8-9H2,1-4H3,(H,27,34)/t15-,19-,20+,21+,25+/m1/s1. The second kappa shape index (κ2) is 12.3. The fourth-order valence-corrected chi connectivity index (χ4v) is 6.95. The van der Waals surface area contributed by atoms with Crippen molar-refractivity contribution in [2.24, 2.45) is 0 Å². The first-order valence-electron chi connectivity index (χ1n) is 12.3. The van der Waals surface area contributed by atoms with Gasteiger partial charge in [0.25, 0.3) is 21.8 Å². The molecular formula is C25H30ClN3O10S2. The number of carbonyl (C=O) groups excluding carboxylic acids is 1. The molecule has 1 saturated heterocycles. The molecule has 3 heterocycles. The molecule has 41 heavy (non-hydrogen) atoms. The van der Waals surface area contributed by atoms with E-state index in [4.69, 9.17) is 25.6 Å². The van der Waals surface area contributed by atoms with Gasteiger partial charge in [-0.05, 0) is 61.4 Å². The molecule has 16 heteroatoms. The van der Waals surface area contributed by atoms with Crippen LogP contribution in [0.15, 0.2) is 26.9 Å². The lowest BCUT2D eigenvalue weighted by atomic mass is 9.97. The summed E-state index contributed by atoms with van der Waals surface area (Å²) in [5, 5.41) is 47.6. The molecule has 6 N–H and O–H groups in total. The van der Waals surface area contributed by atoms with Crippen molar-refractivity contribution < 1.29 is 47.6 Å². The first kappa shape index (κ1) is 31.3. The van der Waals surface area contributed by atoms with Crippen molar-refractivity contribution in [3.63, 3.8) is 0 Å². The maximum absolute atomic E-state index is 13.3. The highest BCUT2D eigenvalue weighted by molar-refractivity contribution is 7.93. The fourth-order valence-electron chi connectivity index (χ4n) is 4.46. The maximum atomic E-state index is 13.3. The Kier molecular flexibility index (Phi) is 9.42.